The second-order valence-corrected chi connectivity index (χ2v) is 14.2. The van der Waals surface area contributed by atoms with E-state index in [0.717, 1.165) is 63.9 Å². The Kier molecular flexibility index (Phi) is 9.95. The van der Waals surface area contributed by atoms with Crippen molar-refractivity contribution in [3.8, 4) is 22.8 Å². The van der Waals surface area contributed by atoms with Gasteiger partial charge in [-0.25, -0.2) is 9.97 Å². The lowest BCUT2D eigenvalue weighted by molar-refractivity contribution is -0.136. The SMILES string of the molecule is NC(=O)Cc1ccccc1CC(=O)N1CCC[C@H]1c1nc2ccc(-c3cnc(-c4ccc(NC(=O)[C@@H]5CCCN5C(=O)Cc5ccccc5)cc4)o3)cc2[nH]1. The first kappa shape index (κ1) is 35.5. The number of aromatic nitrogens is 3. The van der Waals surface area contributed by atoms with Crippen molar-refractivity contribution in [1.82, 2.24) is 24.8 Å². The summed E-state index contributed by atoms with van der Waals surface area (Å²) in [6.07, 6.45) is 5.31. The second-order valence-electron chi connectivity index (χ2n) is 14.2. The van der Waals surface area contributed by atoms with Crippen LogP contribution in [-0.2, 0) is 38.4 Å². The van der Waals surface area contributed by atoms with Gasteiger partial charge in [-0.1, -0.05) is 54.6 Å². The number of fused-ring (bicyclic) bond motifs is 1. The van der Waals surface area contributed by atoms with Gasteiger partial charge in [0.25, 0.3) is 0 Å². The van der Waals surface area contributed by atoms with Crippen LogP contribution in [0.1, 0.15) is 54.2 Å². The molecule has 2 aliphatic rings. The average Bonchev–Trinajstić information content (AvgIpc) is 4.02. The number of amides is 4. The van der Waals surface area contributed by atoms with Gasteiger partial charge in [-0.05, 0) is 84.8 Å². The second kappa shape index (κ2) is 15.4. The Morgan fingerprint density at radius 3 is 2.25 bits per heavy atom. The number of benzene rings is 4. The fourth-order valence-corrected chi connectivity index (χ4v) is 7.72. The Hall–Kier alpha value is -6.56. The van der Waals surface area contributed by atoms with Gasteiger partial charge in [-0.2, -0.15) is 0 Å². The number of hydrogen-bond donors (Lipinski definition) is 3. The lowest BCUT2D eigenvalue weighted by Gasteiger charge is -2.24. The highest BCUT2D eigenvalue weighted by molar-refractivity contribution is 5.98. The maximum absolute atomic E-state index is 13.5. The number of nitrogens with two attached hydrogens (primary N) is 1. The van der Waals surface area contributed by atoms with Crippen LogP contribution in [0.2, 0.25) is 0 Å². The summed E-state index contributed by atoms with van der Waals surface area (Å²) in [5.41, 5.74) is 11.7. The van der Waals surface area contributed by atoms with Crippen LogP contribution in [0.15, 0.2) is 108 Å². The molecular formula is C43H41N7O5. The van der Waals surface area contributed by atoms with Gasteiger partial charge in [0.2, 0.25) is 29.5 Å². The first-order chi connectivity index (χ1) is 26.8. The van der Waals surface area contributed by atoms with E-state index in [1.54, 1.807) is 23.2 Å². The lowest BCUT2D eigenvalue weighted by Crippen LogP contribution is -2.43. The third-order valence-corrected chi connectivity index (χ3v) is 10.5. The number of hydrogen-bond acceptors (Lipinski definition) is 7. The van der Waals surface area contributed by atoms with Crippen LogP contribution in [-0.4, -0.2) is 67.5 Å². The van der Waals surface area contributed by atoms with E-state index in [9.17, 15) is 19.2 Å². The van der Waals surface area contributed by atoms with Crippen molar-refractivity contribution in [1.29, 1.82) is 0 Å². The topological polar surface area (TPSA) is 168 Å². The minimum Gasteiger partial charge on any atom is -0.436 e. The molecule has 4 aromatic carbocycles. The van der Waals surface area contributed by atoms with E-state index in [0.29, 0.717) is 36.8 Å². The van der Waals surface area contributed by atoms with Crippen LogP contribution in [0, 0.1) is 0 Å². The van der Waals surface area contributed by atoms with E-state index in [1.807, 2.05) is 89.8 Å². The first-order valence-corrected chi connectivity index (χ1v) is 18.6. The smallest absolute Gasteiger partial charge is 0.247 e. The van der Waals surface area contributed by atoms with Crippen LogP contribution in [0.25, 0.3) is 33.8 Å². The average molecular weight is 736 g/mol. The summed E-state index contributed by atoms with van der Waals surface area (Å²) in [4.78, 5) is 67.8. The molecule has 0 unspecified atom stereocenters. The Morgan fingerprint density at radius 2 is 1.47 bits per heavy atom. The third kappa shape index (κ3) is 7.75. The maximum atomic E-state index is 13.5. The molecule has 2 aliphatic heterocycles. The number of aromatic amines is 1. The number of likely N-dealkylation sites (tertiary alicyclic amines) is 2. The Bertz CT molecular complexity index is 2370. The zero-order chi connectivity index (χ0) is 37.9. The molecule has 4 amide bonds. The van der Waals surface area contributed by atoms with Crippen LogP contribution in [0.4, 0.5) is 5.69 Å². The zero-order valence-electron chi connectivity index (χ0n) is 30.2. The molecule has 2 aromatic heterocycles. The number of anilines is 1. The monoisotopic (exact) mass is 735 g/mol. The highest BCUT2D eigenvalue weighted by Crippen LogP contribution is 2.34. The lowest BCUT2D eigenvalue weighted by atomic mass is 10.0. The summed E-state index contributed by atoms with van der Waals surface area (Å²) in [7, 11) is 0. The van der Waals surface area contributed by atoms with E-state index in [4.69, 9.17) is 15.1 Å². The van der Waals surface area contributed by atoms with Gasteiger partial charge in [0.1, 0.15) is 11.9 Å². The zero-order valence-corrected chi connectivity index (χ0v) is 30.2. The molecule has 2 atom stereocenters. The van der Waals surface area contributed by atoms with E-state index in [-0.39, 0.29) is 43.0 Å². The fourth-order valence-electron chi connectivity index (χ4n) is 7.72. The maximum Gasteiger partial charge on any atom is 0.247 e. The number of oxazole rings is 1. The quantitative estimate of drug-likeness (QED) is 0.147. The number of carbonyl (C=O) groups is 4. The summed E-state index contributed by atoms with van der Waals surface area (Å²) in [5, 5.41) is 2.98. The van der Waals surface area contributed by atoms with Crippen molar-refractivity contribution in [2.45, 2.75) is 57.0 Å². The van der Waals surface area contributed by atoms with Gasteiger partial charge >= 0.3 is 0 Å². The summed E-state index contributed by atoms with van der Waals surface area (Å²) in [6.45, 7) is 1.20. The summed E-state index contributed by atoms with van der Waals surface area (Å²) >= 11 is 0. The van der Waals surface area contributed by atoms with Crippen molar-refractivity contribution in [2.24, 2.45) is 5.73 Å². The largest absolute Gasteiger partial charge is 0.436 e. The van der Waals surface area contributed by atoms with Gasteiger partial charge in [0.05, 0.1) is 42.5 Å². The molecule has 6 aromatic rings. The number of primary amides is 1. The van der Waals surface area contributed by atoms with Crippen molar-refractivity contribution in [3.63, 3.8) is 0 Å². The molecule has 2 saturated heterocycles. The molecule has 55 heavy (non-hydrogen) atoms. The third-order valence-electron chi connectivity index (χ3n) is 10.5. The van der Waals surface area contributed by atoms with Crippen LogP contribution in [0.3, 0.4) is 0 Å². The minimum atomic E-state index is -0.503. The van der Waals surface area contributed by atoms with Crippen molar-refractivity contribution in [3.05, 3.63) is 126 Å². The van der Waals surface area contributed by atoms with E-state index >= 15 is 0 Å². The number of imidazole rings is 1. The predicted molar refractivity (Wildman–Crippen MR) is 207 cm³/mol. The number of carbonyl (C=O) groups excluding carboxylic acids is 4. The van der Waals surface area contributed by atoms with Gasteiger partial charge in [-0.3, -0.25) is 19.2 Å². The van der Waals surface area contributed by atoms with Gasteiger partial charge < -0.3 is 30.3 Å². The highest BCUT2D eigenvalue weighted by Gasteiger charge is 2.34. The fraction of sp³-hybridized carbons (Fsp3) is 0.256. The van der Waals surface area contributed by atoms with Crippen LogP contribution in [0.5, 0.6) is 0 Å². The van der Waals surface area contributed by atoms with Crippen LogP contribution < -0.4 is 11.1 Å². The van der Waals surface area contributed by atoms with E-state index in [1.165, 1.54) is 0 Å². The molecule has 0 spiro atoms. The molecule has 8 rings (SSSR count). The molecule has 278 valence electrons. The molecular weight excluding hydrogens is 695 g/mol. The van der Waals surface area contributed by atoms with Crippen molar-refractivity contribution in [2.75, 3.05) is 18.4 Å². The number of rotatable bonds is 11. The van der Waals surface area contributed by atoms with Crippen molar-refractivity contribution < 1.29 is 23.6 Å². The Balaban J connectivity index is 0.913. The summed E-state index contributed by atoms with van der Waals surface area (Å²) < 4.78 is 6.18. The molecule has 4 heterocycles. The number of nitrogens with zero attached hydrogens (tertiary/aromatic N) is 4. The van der Waals surface area contributed by atoms with E-state index < -0.39 is 11.9 Å². The predicted octanol–water partition coefficient (Wildman–Crippen LogP) is 5.99. The Labute approximate surface area is 317 Å². The van der Waals surface area contributed by atoms with Gasteiger partial charge in [0.15, 0.2) is 5.76 Å². The molecule has 12 heteroatoms. The number of H-pyrrole nitrogens is 1. The standard InChI is InChI=1S/C43H41N7O5/c44-38(51)24-29-10-4-5-11-30(29)25-40(53)49-20-6-12-35(49)41-47-33-19-16-31(23-34(33)48-41)37-26-45-43(55-37)28-14-17-32(18-15-28)46-42(54)36-13-7-21-50(36)39(52)22-27-8-2-1-3-9-27/h1-5,8-11,14-19,23,26,35-36H,6-7,12-13,20-22,24-25H2,(H2,44,51)(H,46,54)(H,47,48)/t35-,36-/m0/s1. The molecule has 0 aliphatic carbocycles. The minimum absolute atomic E-state index is 0.0170. The number of nitrogens with one attached hydrogen (secondary N) is 2. The van der Waals surface area contributed by atoms with Gasteiger partial charge in [0, 0.05) is 29.9 Å². The Morgan fingerprint density at radius 1 is 0.782 bits per heavy atom. The molecule has 0 radical (unpaired) electrons. The molecule has 2 fully saturated rings. The van der Waals surface area contributed by atoms with Crippen molar-refractivity contribution >= 4 is 40.3 Å². The van der Waals surface area contributed by atoms with Gasteiger partial charge in [-0.15, -0.1) is 0 Å². The molecule has 4 N–H and O–H groups in total. The first-order valence-electron chi connectivity index (χ1n) is 18.6. The highest BCUT2D eigenvalue weighted by atomic mass is 16.4. The summed E-state index contributed by atoms with van der Waals surface area (Å²) in [5.74, 6) is 1.06. The van der Waals surface area contributed by atoms with E-state index in [2.05, 4.69) is 15.3 Å². The summed E-state index contributed by atoms with van der Waals surface area (Å²) in [6, 6.07) is 29.4. The molecule has 12 nitrogen and oxygen atoms in total. The van der Waals surface area contributed by atoms with Crippen LogP contribution >= 0.6 is 0 Å². The normalized spacial score (nSPS) is 16.8. The molecule has 0 saturated carbocycles. The molecule has 0 bridgehead atoms.